The number of aromatic nitrogens is 1. The quantitative estimate of drug-likeness (QED) is 0.777. The second-order valence-corrected chi connectivity index (χ2v) is 3.98. The van der Waals surface area contributed by atoms with Gasteiger partial charge in [0.05, 0.1) is 11.6 Å². The first-order valence-corrected chi connectivity index (χ1v) is 5.50. The molecule has 0 radical (unpaired) electrons. The second kappa shape index (κ2) is 5.49. The fourth-order valence-corrected chi connectivity index (χ4v) is 1.80. The van der Waals surface area contributed by atoms with Crippen molar-refractivity contribution >= 4 is 6.29 Å². The maximum Gasteiger partial charge on any atom is 0.129 e. The molecule has 0 amide bonds. The highest BCUT2D eigenvalue weighted by molar-refractivity contribution is 5.61. The van der Waals surface area contributed by atoms with Gasteiger partial charge in [0.15, 0.2) is 0 Å². The summed E-state index contributed by atoms with van der Waals surface area (Å²) >= 11 is 0. The Hall–Kier alpha value is -2.10. The first-order valence-electron chi connectivity index (χ1n) is 5.50. The maximum absolute atomic E-state index is 13.0. The lowest BCUT2D eigenvalue weighted by Gasteiger charge is -2.09. The number of aldehydes is 1. The van der Waals surface area contributed by atoms with Crippen molar-refractivity contribution < 1.29 is 13.6 Å². The van der Waals surface area contributed by atoms with Gasteiger partial charge in [0.25, 0.3) is 0 Å². The van der Waals surface area contributed by atoms with Gasteiger partial charge >= 0.3 is 0 Å². The van der Waals surface area contributed by atoms with Gasteiger partial charge in [-0.3, -0.25) is 4.98 Å². The molecule has 0 fully saturated rings. The molecule has 0 saturated carbocycles. The lowest BCUT2D eigenvalue weighted by molar-refractivity contribution is -0.109. The molecule has 0 saturated heterocycles. The van der Waals surface area contributed by atoms with E-state index >= 15 is 0 Å². The van der Waals surface area contributed by atoms with Gasteiger partial charge in [-0.2, -0.15) is 0 Å². The van der Waals surface area contributed by atoms with Gasteiger partial charge in [0.2, 0.25) is 0 Å². The van der Waals surface area contributed by atoms with Crippen LogP contribution < -0.4 is 0 Å². The van der Waals surface area contributed by atoms with Crippen LogP contribution in [0.15, 0.2) is 42.6 Å². The molecule has 1 aromatic heterocycles. The Morgan fingerprint density at radius 3 is 2.44 bits per heavy atom. The van der Waals surface area contributed by atoms with Crippen molar-refractivity contribution in [2.45, 2.75) is 12.3 Å². The van der Waals surface area contributed by atoms with Crippen LogP contribution >= 0.6 is 0 Å². The first kappa shape index (κ1) is 12.4. The molecule has 0 aliphatic carbocycles. The van der Waals surface area contributed by atoms with E-state index in [4.69, 9.17) is 0 Å². The third-order valence-corrected chi connectivity index (χ3v) is 2.61. The van der Waals surface area contributed by atoms with E-state index in [2.05, 4.69) is 4.98 Å². The van der Waals surface area contributed by atoms with E-state index in [1.165, 1.54) is 12.1 Å². The second-order valence-electron chi connectivity index (χ2n) is 3.98. The van der Waals surface area contributed by atoms with E-state index in [9.17, 15) is 13.6 Å². The van der Waals surface area contributed by atoms with Gasteiger partial charge in [-0.05, 0) is 36.2 Å². The minimum Gasteiger partial charge on any atom is -0.303 e. The fraction of sp³-hybridized carbons (Fsp3) is 0.143. The van der Waals surface area contributed by atoms with E-state index in [-0.39, 0.29) is 6.42 Å². The van der Waals surface area contributed by atoms with Crippen molar-refractivity contribution in [1.82, 2.24) is 4.98 Å². The number of hydrogen-bond donors (Lipinski definition) is 0. The minimum absolute atomic E-state index is 0.231. The van der Waals surface area contributed by atoms with E-state index < -0.39 is 17.6 Å². The van der Waals surface area contributed by atoms with Gasteiger partial charge in [0.1, 0.15) is 17.9 Å². The summed E-state index contributed by atoms with van der Waals surface area (Å²) in [6.07, 6.45) is 2.55. The summed E-state index contributed by atoms with van der Waals surface area (Å²) < 4.78 is 26.1. The Bertz CT molecular complexity index is 522. The number of hydrogen-bond acceptors (Lipinski definition) is 2. The van der Waals surface area contributed by atoms with Crippen LogP contribution in [-0.4, -0.2) is 11.3 Å². The number of halogens is 2. The lowest BCUT2D eigenvalue weighted by atomic mass is 9.97. The Labute approximate surface area is 103 Å². The van der Waals surface area contributed by atoms with Crippen molar-refractivity contribution in [2.24, 2.45) is 0 Å². The summed E-state index contributed by atoms with van der Waals surface area (Å²) in [5, 5.41) is 0. The number of rotatable bonds is 4. The van der Waals surface area contributed by atoms with Crippen LogP contribution in [0.3, 0.4) is 0 Å². The van der Waals surface area contributed by atoms with Gasteiger partial charge < -0.3 is 4.79 Å². The molecule has 92 valence electrons. The highest BCUT2D eigenvalue weighted by atomic mass is 19.1. The summed E-state index contributed by atoms with van der Waals surface area (Å²) in [6.45, 7) is 0. The Kier molecular flexibility index (Phi) is 3.77. The SMILES string of the molecule is O=CC(Cc1cc(F)cc(F)c1)c1ccccn1. The normalized spacial score (nSPS) is 12.1. The molecule has 0 spiro atoms. The zero-order chi connectivity index (χ0) is 13.0. The number of carbonyl (C=O) groups is 1. The van der Waals surface area contributed by atoms with Crippen LogP contribution in [0.1, 0.15) is 17.2 Å². The number of carbonyl (C=O) groups excluding carboxylic acids is 1. The molecule has 1 heterocycles. The highest BCUT2D eigenvalue weighted by Gasteiger charge is 2.13. The zero-order valence-corrected chi connectivity index (χ0v) is 9.51. The summed E-state index contributed by atoms with van der Waals surface area (Å²) in [7, 11) is 0. The van der Waals surface area contributed by atoms with E-state index in [0.717, 1.165) is 12.4 Å². The largest absolute Gasteiger partial charge is 0.303 e. The Balaban J connectivity index is 2.23. The molecule has 1 aromatic carbocycles. The summed E-state index contributed by atoms with van der Waals surface area (Å²) in [5.41, 5.74) is 1.03. The van der Waals surface area contributed by atoms with Gasteiger partial charge in [-0.15, -0.1) is 0 Å². The summed E-state index contributed by atoms with van der Waals surface area (Å²) in [6, 6.07) is 8.48. The predicted molar refractivity (Wildman–Crippen MR) is 63.1 cm³/mol. The van der Waals surface area contributed by atoms with E-state index in [1.807, 2.05) is 0 Å². The minimum atomic E-state index is -0.643. The van der Waals surface area contributed by atoms with E-state index in [1.54, 1.807) is 24.4 Å². The monoisotopic (exact) mass is 247 g/mol. The van der Waals surface area contributed by atoms with Crippen molar-refractivity contribution in [2.75, 3.05) is 0 Å². The molecule has 0 N–H and O–H groups in total. The van der Waals surface area contributed by atoms with Gasteiger partial charge in [0, 0.05) is 12.3 Å². The van der Waals surface area contributed by atoms with Crippen molar-refractivity contribution in [3.05, 3.63) is 65.5 Å². The van der Waals surface area contributed by atoms with Crippen LogP contribution in [0, 0.1) is 11.6 Å². The molecule has 1 atom stereocenters. The predicted octanol–water partition coefficient (Wildman–Crippen LogP) is 2.89. The number of benzene rings is 1. The standard InChI is InChI=1S/C14H11F2NO/c15-12-6-10(7-13(16)8-12)5-11(9-18)14-3-1-2-4-17-14/h1-4,6-9,11H,5H2. The Morgan fingerprint density at radius 2 is 1.89 bits per heavy atom. The smallest absolute Gasteiger partial charge is 0.129 e. The molecule has 0 aliphatic rings. The number of nitrogens with zero attached hydrogens (tertiary/aromatic N) is 1. The Morgan fingerprint density at radius 1 is 1.17 bits per heavy atom. The molecule has 2 aromatic rings. The summed E-state index contributed by atoms with van der Waals surface area (Å²) in [4.78, 5) is 15.1. The van der Waals surface area contributed by atoms with Gasteiger partial charge in [-0.1, -0.05) is 6.07 Å². The average molecular weight is 247 g/mol. The molecule has 1 unspecified atom stereocenters. The fourth-order valence-electron chi connectivity index (χ4n) is 1.80. The maximum atomic E-state index is 13.0. The molecule has 18 heavy (non-hydrogen) atoms. The topological polar surface area (TPSA) is 30.0 Å². The molecular weight excluding hydrogens is 236 g/mol. The van der Waals surface area contributed by atoms with E-state index in [0.29, 0.717) is 11.3 Å². The van der Waals surface area contributed by atoms with Crippen molar-refractivity contribution in [3.8, 4) is 0 Å². The molecule has 0 aliphatic heterocycles. The molecule has 0 bridgehead atoms. The summed E-state index contributed by atoms with van der Waals surface area (Å²) in [5.74, 6) is -1.78. The average Bonchev–Trinajstić information content (AvgIpc) is 2.36. The third kappa shape index (κ3) is 2.97. The van der Waals surface area contributed by atoms with Crippen molar-refractivity contribution in [3.63, 3.8) is 0 Å². The molecule has 4 heteroatoms. The first-order chi connectivity index (χ1) is 8.69. The van der Waals surface area contributed by atoms with Crippen LogP contribution in [0.25, 0.3) is 0 Å². The highest BCUT2D eigenvalue weighted by Crippen LogP contribution is 2.18. The molecular formula is C14H11F2NO. The molecule has 2 rings (SSSR count). The van der Waals surface area contributed by atoms with Crippen LogP contribution in [0.2, 0.25) is 0 Å². The molecule has 2 nitrogen and oxygen atoms in total. The zero-order valence-electron chi connectivity index (χ0n) is 9.51. The third-order valence-electron chi connectivity index (χ3n) is 2.61. The van der Waals surface area contributed by atoms with Crippen LogP contribution in [0.4, 0.5) is 8.78 Å². The van der Waals surface area contributed by atoms with Gasteiger partial charge in [-0.25, -0.2) is 8.78 Å². The van der Waals surface area contributed by atoms with Crippen molar-refractivity contribution in [1.29, 1.82) is 0 Å². The van der Waals surface area contributed by atoms with Crippen LogP contribution in [-0.2, 0) is 11.2 Å². The van der Waals surface area contributed by atoms with Crippen LogP contribution in [0.5, 0.6) is 0 Å². The number of pyridine rings is 1. The lowest BCUT2D eigenvalue weighted by Crippen LogP contribution is -2.06.